The van der Waals surface area contributed by atoms with Gasteiger partial charge in [0.2, 0.25) is 4.77 Å². The van der Waals surface area contributed by atoms with Gasteiger partial charge in [0, 0.05) is 10.0 Å². The number of halogens is 2. The monoisotopic (exact) mass is 342 g/mol. The first-order chi connectivity index (χ1) is 8.99. The molecule has 0 unspecified atom stereocenters. The minimum absolute atomic E-state index is 0.0438. The lowest BCUT2D eigenvalue weighted by Gasteiger charge is -2.00. The molecule has 2 rings (SSSR count). The molecule has 0 saturated heterocycles. The Morgan fingerprint density at radius 3 is 3.05 bits per heavy atom. The Kier molecular flexibility index (Phi) is 4.01. The van der Waals surface area contributed by atoms with Crippen LogP contribution in [0, 0.1) is 17.5 Å². The van der Waals surface area contributed by atoms with E-state index in [4.69, 9.17) is 12.2 Å². The summed E-state index contributed by atoms with van der Waals surface area (Å²) in [6.45, 7) is 1.53. The molecule has 1 heterocycles. The van der Waals surface area contributed by atoms with E-state index < -0.39 is 11.4 Å². The van der Waals surface area contributed by atoms with Gasteiger partial charge in [0.15, 0.2) is 0 Å². The number of H-pyrrole nitrogens is 1. The maximum atomic E-state index is 13.5. The van der Waals surface area contributed by atoms with Gasteiger partial charge in [-0.15, -0.1) is 0 Å². The van der Waals surface area contributed by atoms with Gasteiger partial charge in [-0.2, -0.15) is 14.9 Å². The van der Waals surface area contributed by atoms with E-state index in [0.717, 1.165) is 4.68 Å². The molecule has 2 aromatic rings. The Morgan fingerprint density at radius 1 is 1.58 bits per heavy atom. The maximum Gasteiger partial charge on any atom is 0.296 e. The summed E-state index contributed by atoms with van der Waals surface area (Å²) in [5.41, 5.74) is 0.0148. The summed E-state index contributed by atoms with van der Waals surface area (Å²) >= 11 is 8.13. The summed E-state index contributed by atoms with van der Waals surface area (Å²) in [6.07, 6.45) is 1.23. The summed E-state index contributed by atoms with van der Waals surface area (Å²) in [5, 5.41) is 10.1. The molecule has 0 aliphatic rings. The number of rotatable bonds is 2. The van der Waals surface area contributed by atoms with Crippen molar-refractivity contribution in [1.82, 2.24) is 14.9 Å². The van der Waals surface area contributed by atoms with Crippen molar-refractivity contribution in [3.8, 4) is 0 Å². The van der Waals surface area contributed by atoms with Gasteiger partial charge >= 0.3 is 0 Å². The van der Waals surface area contributed by atoms with E-state index in [2.05, 4.69) is 31.2 Å². The molecule has 1 N–H and O–H groups in total. The van der Waals surface area contributed by atoms with Crippen LogP contribution in [-0.2, 0) is 0 Å². The molecule has 1 aromatic heterocycles. The maximum absolute atomic E-state index is 13.5. The van der Waals surface area contributed by atoms with Crippen LogP contribution >= 0.6 is 28.1 Å². The van der Waals surface area contributed by atoms with Crippen molar-refractivity contribution in [1.29, 1.82) is 0 Å². The Labute approximate surface area is 120 Å². The van der Waals surface area contributed by atoms with E-state index in [-0.39, 0.29) is 16.0 Å². The zero-order chi connectivity index (χ0) is 14.0. The summed E-state index contributed by atoms with van der Waals surface area (Å²) in [6, 6.07) is 4.42. The molecule has 19 heavy (non-hydrogen) atoms. The van der Waals surface area contributed by atoms with Gasteiger partial charge in [0.05, 0.1) is 6.21 Å². The molecule has 0 fully saturated rings. The molecule has 0 aliphatic heterocycles. The third kappa shape index (κ3) is 3.02. The molecule has 1 aromatic carbocycles. The summed E-state index contributed by atoms with van der Waals surface area (Å²) < 4.78 is 15.2. The number of nitrogens with one attached hydrogen (secondary N) is 1. The number of hydrogen-bond donors (Lipinski definition) is 1. The van der Waals surface area contributed by atoms with Crippen LogP contribution in [0.2, 0.25) is 0 Å². The van der Waals surface area contributed by atoms with E-state index in [9.17, 15) is 9.18 Å². The molecule has 0 atom stereocenters. The molecule has 0 bridgehead atoms. The molecule has 0 amide bonds. The highest BCUT2D eigenvalue weighted by Gasteiger charge is 2.03. The second-order valence-electron chi connectivity index (χ2n) is 3.64. The number of benzene rings is 1. The molecule has 0 spiro atoms. The fraction of sp³-hybridized carbons (Fsp3) is 0.0909. The smallest absolute Gasteiger partial charge is 0.265 e. The van der Waals surface area contributed by atoms with Crippen LogP contribution in [0.1, 0.15) is 11.3 Å². The second kappa shape index (κ2) is 5.54. The average Bonchev–Trinajstić information content (AvgIpc) is 2.38. The molecule has 5 nitrogen and oxygen atoms in total. The molecule has 0 aliphatic carbocycles. The van der Waals surface area contributed by atoms with Gasteiger partial charge in [0.1, 0.15) is 11.5 Å². The quantitative estimate of drug-likeness (QED) is 0.673. The number of hydrogen-bond acceptors (Lipinski definition) is 4. The second-order valence-corrected chi connectivity index (χ2v) is 4.94. The van der Waals surface area contributed by atoms with E-state index in [0.29, 0.717) is 4.47 Å². The normalized spacial score (nSPS) is 11.1. The number of aryl methyl sites for hydroxylation is 1. The van der Waals surface area contributed by atoms with E-state index in [1.54, 1.807) is 12.1 Å². The first kappa shape index (κ1) is 13.8. The summed E-state index contributed by atoms with van der Waals surface area (Å²) in [4.78, 5) is 11.8. The Balaban J connectivity index is 2.50. The van der Waals surface area contributed by atoms with E-state index in [1.165, 1.54) is 19.2 Å². The van der Waals surface area contributed by atoms with Crippen LogP contribution in [0.4, 0.5) is 4.39 Å². The van der Waals surface area contributed by atoms with Crippen LogP contribution in [0.25, 0.3) is 0 Å². The first-order valence-electron chi connectivity index (χ1n) is 5.17. The molecule has 0 saturated carbocycles. The standard InChI is InChI=1S/C11H8BrFN4OS/c1-6-10(18)17(11(19)16-15-6)14-5-7-4-8(12)2-3-9(7)13/h2-5H,1H3,(H,16,19)/b14-5+. The van der Waals surface area contributed by atoms with Crippen molar-refractivity contribution >= 4 is 34.4 Å². The Morgan fingerprint density at radius 2 is 2.32 bits per heavy atom. The predicted octanol–water partition coefficient (Wildman–Crippen LogP) is 2.39. The van der Waals surface area contributed by atoms with Crippen LogP contribution in [0.3, 0.4) is 0 Å². The topological polar surface area (TPSA) is 63.0 Å². The zero-order valence-electron chi connectivity index (χ0n) is 9.72. The van der Waals surface area contributed by atoms with Gasteiger partial charge in [-0.05, 0) is 37.3 Å². The zero-order valence-corrected chi connectivity index (χ0v) is 12.1. The van der Waals surface area contributed by atoms with E-state index >= 15 is 0 Å². The summed E-state index contributed by atoms with van der Waals surface area (Å²) in [5.74, 6) is -0.444. The third-order valence-corrected chi connectivity index (χ3v) is 3.04. The molecule has 98 valence electrons. The number of aromatic nitrogens is 3. The van der Waals surface area contributed by atoms with Gasteiger partial charge in [-0.1, -0.05) is 15.9 Å². The third-order valence-electron chi connectivity index (χ3n) is 2.28. The van der Waals surface area contributed by atoms with Crippen molar-refractivity contribution in [2.75, 3.05) is 0 Å². The Hall–Kier alpha value is -1.67. The molecular weight excluding hydrogens is 335 g/mol. The Bertz CT molecular complexity index is 768. The molecule has 8 heteroatoms. The minimum Gasteiger partial charge on any atom is -0.265 e. The predicted molar refractivity (Wildman–Crippen MR) is 75.5 cm³/mol. The van der Waals surface area contributed by atoms with E-state index in [1.807, 2.05) is 0 Å². The van der Waals surface area contributed by atoms with Crippen molar-refractivity contribution < 1.29 is 4.39 Å². The fourth-order valence-corrected chi connectivity index (χ4v) is 1.87. The van der Waals surface area contributed by atoms with Crippen LogP contribution in [0.15, 0.2) is 32.6 Å². The first-order valence-corrected chi connectivity index (χ1v) is 6.37. The highest BCUT2D eigenvalue weighted by atomic mass is 79.9. The number of aromatic amines is 1. The number of nitrogens with zero attached hydrogens (tertiary/aromatic N) is 3. The summed E-state index contributed by atoms with van der Waals surface area (Å²) in [7, 11) is 0. The van der Waals surface area contributed by atoms with Crippen molar-refractivity contribution in [3.63, 3.8) is 0 Å². The van der Waals surface area contributed by atoms with Gasteiger partial charge < -0.3 is 0 Å². The molecule has 0 radical (unpaired) electrons. The van der Waals surface area contributed by atoms with Gasteiger partial charge in [0.25, 0.3) is 5.56 Å². The average molecular weight is 343 g/mol. The lowest BCUT2D eigenvalue weighted by molar-refractivity contribution is 0.625. The largest absolute Gasteiger partial charge is 0.296 e. The van der Waals surface area contributed by atoms with Crippen molar-refractivity contribution in [3.05, 3.63) is 54.9 Å². The van der Waals surface area contributed by atoms with Crippen LogP contribution < -0.4 is 5.56 Å². The minimum atomic E-state index is -0.449. The highest BCUT2D eigenvalue weighted by molar-refractivity contribution is 9.10. The highest BCUT2D eigenvalue weighted by Crippen LogP contribution is 2.13. The van der Waals surface area contributed by atoms with Crippen molar-refractivity contribution in [2.24, 2.45) is 5.10 Å². The lowest BCUT2D eigenvalue weighted by atomic mass is 10.2. The van der Waals surface area contributed by atoms with Gasteiger partial charge in [-0.3, -0.25) is 9.89 Å². The SMILES string of the molecule is Cc1n[nH]c(=S)n(/N=C/c2cc(Br)ccc2F)c1=O. The van der Waals surface area contributed by atoms with Gasteiger partial charge in [-0.25, -0.2) is 4.39 Å². The van der Waals surface area contributed by atoms with Crippen LogP contribution in [0.5, 0.6) is 0 Å². The van der Waals surface area contributed by atoms with Crippen molar-refractivity contribution in [2.45, 2.75) is 6.92 Å². The van der Waals surface area contributed by atoms with Crippen LogP contribution in [-0.4, -0.2) is 21.1 Å². The molecular formula is C11H8BrFN4OS. The fourth-order valence-electron chi connectivity index (χ4n) is 1.31. The lowest BCUT2D eigenvalue weighted by Crippen LogP contribution is -2.22.